The van der Waals surface area contributed by atoms with Gasteiger partial charge in [0.15, 0.2) is 0 Å². The summed E-state index contributed by atoms with van der Waals surface area (Å²) in [5.74, 6) is -0.254. The number of carbonyl (C=O) groups excluding carboxylic acids is 1. The van der Waals surface area contributed by atoms with Crippen LogP contribution in [-0.2, 0) is 4.79 Å². The fraction of sp³-hybridized carbons (Fsp3) is 0.417. The normalized spacial score (nSPS) is 25.2. The van der Waals surface area contributed by atoms with Gasteiger partial charge in [0, 0.05) is 12.1 Å². The second-order valence-corrected chi connectivity index (χ2v) is 3.94. The van der Waals surface area contributed by atoms with E-state index >= 15 is 0 Å². The molecule has 2 unspecified atom stereocenters. The van der Waals surface area contributed by atoms with Crippen LogP contribution in [0.15, 0.2) is 24.3 Å². The predicted octanol–water partition coefficient (Wildman–Crippen LogP) is 1.66. The van der Waals surface area contributed by atoms with E-state index < -0.39 is 0 Å². The summed E-state index contributed by atoms with van der Waals surface area (Å²) in [4.78, 5) is 13.4. The van der Waals surface area contributed by atoms with Gasteiger partial charge >= 0.3 is 0 Å². The molecule has 0 spiro atoms. The van der Waals surface area contributed by atoms with Crippen LogP contribution in [0.3, 0.4) is 0 Å². The molecular weight excluding hydrogens is 207 g/mol. The van der Waals surface area contributed by atoms with Crippen LogP contribution in [0, 0.1) is 5.82 Å². The Hall–Kier alpha value is -1.42. The van der Waals surface area contributed by atoms with E-state index in [4.69, 9.17) is 0 Å². The summed E-state index contributed by atoms with van der Waals surface area (Å²) in [7, 11) is 0. The van der Waals surface area contributed by atoms with Gasteiger partial charge in [0.1, 0.15) is 12.0 Å². The molecule has 1 aromatic carbocycles. The second kappa shape index (κ2) is 4.22. The molecule has 0 radical (unpaired) electrons. The fourth-order valence-electron chi connectivity index (χ4n) is 2.07. The Balaban J connectivity index is 2.35. The van der Waals surface area contributed by atoms with Gasteiger partial charge in [0.2, 0.25) is 5.91 Å². The van der Waals surface area contributed by atoms with Crippen molar-refractivity contribution in [3.63, 3.8) is 0 Å². The van der Waals surface area contributed by atoms with Gasteiger partial charge in [-0.2, -0.15) is 0 Å². The number of nitrogens with zero attached hydrogens (tertiary/aromatic N) is 1. The molecule has 1 saturated heterocycles. The molecule has 0 bridgehead atoms. The molecule has 1 amide bonds. The van der Waals surface area contributed by atoms with Crippen LogP contribution in [0.4, 0.5) is 4.39 Å². The zero-order valence-electron chi connectivity index (χ0n) is 9.40. The molecule has 1 aliphatic rings. The number of hydrogen-bond donors (Lipinski definition) is 1. The predicted molar refractivity (Wildman–Crippen MR) is 59.1 cm³/mol. The maximum Gasteiger partial charge on any atom is 0.241 e. The molecule has 0 aromatic heterocycles. The van der Waals surface area contributed by atoms with Crippen LogP contribution in [0.2, 0.25) is 0 Å². The molecule has 3 nitrogen and oxygen atoms in total. The minimum Gasteiger partial charge on any atom is -0.322 e. The third-order valence-electron chi connectivity index (χ3n) is 2.91. The highest BCUT2D eigenvalue weighted by molar-refractivity contribution is 5.84. The van der Waals surface area contributed by atoms with E-state index in [9.17, 15) is 9.18 Å². The number of carbonyl (C=O) groups is 1. The van der Waals surface area contributed by atoms with Gasteiger partial charge in [-0.15, -0.1) is 0 Å². The van der Waals surface area contributed by atoms with Crippen molar-refractivity contribution in [2.75, 3.05) is 6.54 Å². The first-order valence-corrected chi connectivity index (χ1v) is 5.46. The summed E-state index contributed by atoms with van der Waals surface area (Å²) in [6.07, 6.45) is -0.339. The SMILES string of the molecule is CCN1C(=O)C(C)NC1c1ccccc1F. The monoisotopic (exact) mass is 222 g/mol. The van der Waals surface area contributed by atoms with Crippen LogP contribution in [0.5, 0.6) is 0 Å². The van der Waals surface area contributed by atoms with Gasteiger partial charge in [-0.25, -0.2) is 4.39 Å². The van der Waals surface area contributed by atoms with Gasteiger partial charge < -0.3 is 4.90 Å². The summed E-state index contributed by atoms with van der Waals surface area (Å²) in [5.41, 5.74) is 0.530. The Morgan fingerprint density at radius 1 is 1.44 bits per heavy atom. The molecule has 2 atom stereocenters. The van der Waals surface area contributed by atoms with E-state index in [0.717, 1.165) is 0 Å². The molecule has 4 heteroatoms. The van der Waals surface area contributed by atoms with Crippen molar-refractivity contribution in [2.24, 2.45) is 0 Å². The van der Waals surface area contributed by atoms with E-state index in [1.54, 1.807) is 30.0 Å². The van der Waals surface area contributed by atoms with Gasteiger partial charge in [-0.3, -0.25) is 10.1 Å². The van der Waals surface area contributed by atoms with E-state index in [2.05, 4.69) is 5.32 Å². The lowest BCUT2D eigenvalue weighted by Crippen LogP contribution is -2.30. The van der Waals surface area contributed by atoms with Gasteiger partial charge in [-0.1, -0.05) is 18.2 Å². The number of nitrogens with one attached hydrogen (secondary N) is 1. The van der Waals surface area contributed by atoms with Crippen LogP contribution in [-0.4, -0.2) is 23.4 Å². The van der Waals surface area contributed by atoms with Gasteiger partial charge in [0.25, 0.3) is 0 Å². The van der Waals surface area contributed by atoms with Crippen molar-refractivity contribution < 1.29 is 9.18 Å². The number of benzene rings is 1. The number of likely N-dealkylation sites (N-methyl/N-ethyl adjacent to an activating group) is 1. The summed E-state index contributed by atoms with van der Waals surface area (Å²) < 4.78 is 13.6. The maximum absolute atomic E-state index is 13.6. The van der Waals surface area contributed by atoms with Gasteiger partial charge in [-0.05, 0) is 19.9 Å². The molecule has 0 aliphatic carbocycles. The summed E-state index contributed by atoms with van der Waals surface area (Å²) >= 11 is 0. The van der Waals surface area contributed by atoms with Crippen molar-refractivity contribution in [3.05, 3.63) is 35.6 Å². The number of hydrogen-bond acceptors (Lipinski definition) is 2. The van der Waals surface area contributed by atoms with E-state index in [0.29, 0.717) is 12.1 Å². The lowest BCUT2D eigenvalue weighted by Gasteiger charge is -2.23. The molecule has 0 saturated carbocycles. The Kier molecular flexibility index (Phi) is 2.92. The first kappa shape index (κ1) is 11.1. The highest BCUT2D eigenvalue weighted by Gasteiger charge is 2.36. The third kappa shape index (κ3) is 1.69. The minimum absolute atomic E-state index is 0.0238. The van der Waals surface area contributed by atoms with Crippen molar-refractivity contribution in [3.8, 4) is 0 Å². The topological polar surface area (TPSA) is 32.3 Å². The number of rotatable bonds is 2. The maximum atomic E-state index is 13.6. The summed E-state index contributed by atoms with van der Waals surface area (Å²) in [5, 5.41) is 3.10. The summed E-state index contributed by atoms with van der Waals surface area (Å²) in [6, 6.07) is 6.31. The van der Waals surface area contributed by atoms with Crippen LogP contribution in [0.25, 0.3) is 0 Å². The van der Waals surface area contributed by atoms with Crippen molar-refractivity contribution in [1.29, 1.82) is 0 Å². The highest BCUT2D eigenvalue weighted by Crippen LogP contribution is 2.26. The van der Waals surface area contributed by atoms with Crippen LogP contribution < -0.4 is 5.32 Å². The quantitative estimate of drug-likeness (QED) is 0.825. The molecule has 1 heterocycles. The second-order valence-electron chi connectivity index (χ2n) is 3.94. The molecule has 1 N–H and O–H groups in total. The molecule has 1 fully saturated rings. The number of amides is 1. The van der Waals surface area contributed by atoms with Crippen LogP contribution >= 0.6 is 0 Å². The van der Waals surface area contributed by atoms with E-state index in [-0.39, 0.29) is 23.9 Å². The van der Waals surface area contributed by atoms with Crippen LogP contribution in [0.1, 0.15) is 25.6 Å². The molecule has 1 aliphatic heterocycles. The smallest absolute Gasteiger partial charge is 0.241 e. The van der Waals surface area contributed by atoms with Crippen molar-refractivity contribution in [2.45, 2.75) is 26.1 Å². The van der Waals surface area contributed by atoms with Crippen molar-refractivity contribution >= 4 is 5.91 Å². The molecule has 1 aromatic rings. The highest BCUT2D eigenvalue weighted by atomic mass is 19.1. The first-order chi connectivity index (χ1) is 7.65. The first-order valence-electron chi connectivity index (χ1n) is 5.46. The van der Waals surface area contributed by atoms with Gasteiger partial charge in [0.05, 0.1) is 6.04 Å². The lowest BCUT2D eigenvalue weighted by molar-refractivity contribution is -0.129. The minimum atomic E-state index is -0.339. The average Bonchev–Trinajstić information content (AvgIpc) is 2.56. The third-order valence-corrected chi connectivity index (χ3v) is 2.91. The molecular formula is C12H15FN2O. The average molecular weight is 222 g/mol. The fourth-order valence-corrected chi connectivity index (χ4v) is 2.07. The molecule has 2 rings (SSSR count). The largest absolute Gasteiger partial charge is 0.322 e. The summed E-state index contributed by atoms with van der Waals surface area (Å²) in [6.45, 7) is 4.27. The van der Waals surface area contributed by atoms with E-state index in [1.165, 1.54) is 6.07 Å². The van der Waals surface area contributed by atoms with Crippen molar-refractivity contribution in [1.82, 2.24) is 10.2 Å². The molecule has 16 heavy (non-hydrogen) atoms. The Morgan fingerprint density at radius 3 is 2.75 bits per heavy atom. The number of halogens is 1. The Morgan fingerprint density at radius 2 is 2.12 bits per heavy atom. The Bertz CT molecular complexity index is 408. The molecule has 86 valence electrons. The van der Waals surface area contributed by atoms with E-state index in [1.807, 2.05) is 6.92 Å². The zero-order valence-corrected chi connectivity index (χ0v) is 9.40. The lowest BCUT2D eigenvalue weighted by atomic mass is 10.1. The Labute approximate surface area is 94.3 Å². The standard InChI is InChI=1S/C12H15FN2O/c1-3-15-11(14-8(2)12(15)16)9-6-4-5-7-10(9)13/h4-8,11,14H,3H2,1-2H3. The zero-order chi connectivity index (χ0) is 11.7.